The van der Waals surface area contributed by atoms with Crippen LogP contribution in [-0.4, -0.2) is 5.91 Å². The van der Waals surface area contributed by atoms with Crippen LogP contribution in [0.1, 0.15) is 0 Å². The van der Waals surface area contributed by atoms with E-state index in [4.69, 9.17) is 11.6 Å². The van der Waals surface area contributed by atoms with E-state index in [-0.39, 0.29) is 5.03 Å². The Kier molecular flexibility index (Phi) is 4.16. The summed E-state index contributed by atoms with van der Waals surface area (Å²) in [4.78, 5) is 11.2. The van der Waals surface area contributed by atoms with E-state index in [1.165, 1.54) is 0 Å². The minimum absolute atomic E-state index is 0.0407. The number of halogens is 3. The summed E-state index contributed by atoms with van der Waals surface area (Å²) in [5.74, 6) is -0.406. The Balaban J connectivity index is 2.87. The minimum Gasteiger partial charge on any atom is -0.321 e. The van der Waals surface area contributed by atoms with Crippen LogP contribution in [0.15, 0.2) is 38.8 Å². The van der Waals surface area contributed by atoms with Crippen LogP contribution in [0.25, 0.3) is 0 Å². The van der Waals surface area contributed by atoms with Gasteiger partial charge in [0, 0.05) is 14.6 Å². The minimum atomic E-state index is -0.406. The van der Waals surface area contributed by atoms with E-state index in [2.05, 4.69) is 43.8 Å². The zero-order valence-corrected chi connectivity index (χ0v) is 10.9. The molecule has 0 aliphatic rings. The van der Waals surface area contributed by atoms with E-state index in [1.54, 1.807) is 12.1 Å². The second kappa shape index (κ2) is 4.96. The zero-order chi connectivity index (χ0) is 10.7. The van der Waals surface area contributed by atoms with Gasteiger partial charge in [0.15, 0.2) is 0 Å². The monoisotopic (exact) mass is 337 g/mol. The van der Waals surface area contributed by atoms with E-state index in [0.717, 1.165) is 8.95 Å². The van der Waals surface area contributed by atoms with Crippen molar-refractivity contribution in [1.82, 2.24) is 0 Å². The molecule has 0 heterocycles. The van der Waals surface area contributed by atoms with Gasteiger partial charge in [0.2, 0.25) is 0 Å². The molecule has 0 saturated heterocycles. The van der Waals surface area contributed by atoms with E-state index < -0.39 is 5.91 Å². The van der Waals surface area contributed by atoms with Crippen LogP contribution >= 0.6 is 43.5 Å². The predicted octanol–water partition coefficient (Wildman–Crippen LogP) is 3.90. The predicted molar refractivity (Wildman–Crippen MR) is 65.5 cm³/mol. The van der Waals surface area contributed by atoms with Gasteiger partial charge in [-0.2, -0.15) is 0 Å². The molecule has 0 unspecified atom stereocenters. The molecule has 0 aliphatic carbocycles. The highest BCUT2D eigenvalue weighted by Crippen LogP contribution is 2.23. The SMILES string of the molecule is C=C(Cl)C(=O)Nc1cc(Br)cc(Br)c1. The van der Waals surface area contributed by atoms with Crippen molar-refractivity contribution in [3.8, 4) is 0 Å². The number of hydrogen-bond donors (Lipinski definition) is 1. The molecule has 74 valence electrons. The fourth-order valence-corrected chi connectivity index (χ4v) is 2.17. The summed E-state index contributed by atoms with van der Waals surface area (Å²) < 4.78 is 1.73. The molecule has 0 aromatic heterocycles. The van der Waals surface area contributed by atoms with E-state index in [0.29, 0.717) is 5.69 Å². The fraction of sp³-hybridized carbons (Fsp3) is 0. The molecule has 0 saturated carbocycles. The number of nitrogens with one attached hydrogen (secondary N) is 1. The van der Waals surface area contributed by atoms with E-state index in [9.17, 15) is 4.79 Å². The second-order valence-electron chi connectivity index (χ2n) is 2.52. The Hall–Kier alpha value is -0.320. The average Bonchev–Trinajstić information content (AvgIpc) is 2.01. The summed E-state index contributed by atoms with van der Waals surface area (Å²) in [6.45, 7) is 3.33. The summed E-state index contributed by atoms with van der Waals surface area (Å²) >= 11 is 12.0. The lowest BCUT2D eigenvalue weighted by Crippen LogP contribution is -2.10. The lowest BCUT2D eigenvalue weighted by molar-refractivity contribution is -0.112. The number of carbonyl (C=O) groups is 1. The third-order valence-corrected chi connectivity index (χ3v) is 2.45. The van der Waals surface area contributed by atoms with Crippen molar-refractivity contribution in [3.05, 3.63) is 38.8 Å². The molecule has 1 N–H and O–H groups in total. The van der Waals surface area contributed by atoms with Crippen molar-refractivity contribution in [2.75, 3.05) is 5.32 Å². The van der Waals surface area contributed by atoms with Crippen molar-refractivity contribution < 1.29 is 4.79 Å². The van der Waals surface area contributed by atoms with Gasteiger partial charge in [-0.1, -0.05) is 50.0 Å². The quantitative estimate of drug-likeness (QED) is 0.814. The Morgan fingerprint density at radius 3 is 2.21 bits per heavy atom. The van der Waals surface area contributed by atoms with Gasteiger partial charge in [-0.15, -0.1) is 0 Å². The number of carbonyl (C=O) groups excluding carboxylic acids is 1. The highest BCUT2D eigenvalue weighted by atomic mass is 79.9. The highest BCUT2D eigenvalue weighted by molar-refractivity contribution is 9.11. The molecule has 0 fully saturated rings. The van der Waals surface area contributed by atoms with Crippen LogP contribution in [-0.2, 0) is 4.79 Å². The fourth-order valence-electron chi connectivity index (χ4n) is 0.825. The van der Waals surface area contributed by atoms with Crippen molar-refractivity contribution >= 4 is 55.1 Å². The normalized spacial score (nSPS) is 9.64. The number of benzene rings is 1. The number of rotatable bonds is 2. The molecule has 1 aromatic carbocycles. The van der Waals surface area contributed by atoms with Gasteiger partial charge >= 0.3 is 0 Å². The van der Waals surface area contributed by atoms with E-state index >= 15 is 0 Å². The third kappa shape index (κ3) is 3.44. The molecule has 5 heteroatoms. The van der Waals surface area contributed by atoms with Gasteiger partial charge in [-0.25, -0.2) is 0 Å². The molecule has 0 atom stereocenters. The van der Waals surface area contributed by atoms with Gasteiger partial charge in [0.05, 0.1) is 5.03 Å². The van der Waals surface area contributed by atoms with Gasteiger partial charge in [-0.3, -0.25) is 4.79 Å². The van der Waals surface area contributed by atoms with Crippen molar-refractivity contribution in [1.29, 1.82) is 0 Å². The number of amides is 1. The Morgan fingerprint density at radius 2 is 1.79 bits per heavy atom. The second-order valence-corrected chi connectivity index (χ2v) is 4.80. The van der Waals surface area contributed by atoms with Gasteiger partial charge in [0.25, 0.3) is 5.91 Å². The molecule has 0 aliphatic heterocycles. The molecule has 1 amide bonds. The number of anilines is 1. The number of hydrogen-bond acceptors (Lipinski definition) is 1. The van der Waals surface area contributed by atoms with Crippen molar-refractivity contribution in [2.45, 2.75) is 0 Å². The molecule has 0 spiro atoms. The maximum atomic E-state index is 11.2. The van der Waals surface area contributed by atoms with Crippen molar-refractivity contribution in [3.63, 3.8) is 0 Å². The van der Waals surface area contributed by atoms with Gasteiger partial charge in [0.1, 0.15) is 0 Å². The maximum absolute atomic E-state index is 11.2. The smallest absolute Gasteiger partial charge is 0.266 e. The van der Waals surface area contributed by atoms with Crippen LogP contribution in [0, 0.1) is 0 Å². The van der Waals surface area contributed by atoms with Crippen LogP contribution in [0.4, 0.5) is 5.69 Å². The first-order chi connectivity index (χ1) is 6.49. The Morgan fingerprint density at radius 1 is 1.29 bits per heavy atom. The first-order valence-electron chi connectivity index (χ1n) is 3.61. The largest absolute Gasteiger partial charge is 0.321 e. The van der Waals surface area contributed by atoms with Crippen LogP contribution in [0.3, 0.4) is 0 Å². The molecule has 2 nitrogen and oxygen atoms in total. The van der Waals surface area contributed by atoms with Gasteiger partial charge < -0.3 is 5.32 Å². The Bertz CT molecular complexity index is 372. The molecular formula is C9H6Br2ClNO. The summed E-state index contributed by atoms with van der Waals surface area (Å²) in [6.07, 6.45) is 0. The summed E-state index contributed by atoms with van der Waals surface area (Å²) in [5, 5.41) is 2.55. The van der Waals surface area contributed by atoms with Crippen LogP contribution in [0.2, 0.25) is 0 Å². The molecule has 0 radical (unpaired) electrons. The van der Waals surface area contributed by atoms with Crippen molar-refractivity contribution in [2.24, 2.45) is 0 Å². The average molecular weight is 339 g/mol. The molecule has 1 rings (SSSR count). The molecule has 0 bridgehead atoms. The zero-order valence-electron chi connectivity index (χ0n) is 6.98. The topological polar surface area (TPSA) is 29.1 Å². The van der Waals surface area contributed by atoms with Crippen LogP contribution in [0.5, 0.6) is 0 Å². The van der Waals surface area contributed by atoms with Gasteiger partial charge in [-0.05, 0) is 18.2 Å². The third-order valence-electron chi connectivity index (χ3n) is 1.37. The first kappa shape index (κ1) is 11.8. The first-order valence-corrected chi connectivity index (χ1v) is 5.57. The molecular weight excluding hydrogens is 333 g/mol. The molecule has 1 aromatic rings. The summed E-state index contributed by atoms with van der Waals surface area (Å²) in [7, 11) is 0. The van der Waals surface area contributed by atoms with Crippen LogP contribution < -0.4 is 5.32 Å². The summed E-state index contributed by atoms with van der Waals surface area (Å²) in [5.41, 5.74) is 0.651. The standard InChI is InChI=1S/C9H6Br2ClNO/c1-5(12)9(14)13-8-3-6(10)2-7(11)4-8/h2-4H,1H2,(H,13,14). The lowest BCUT2D eigenvalue weighted by atomic mass is 10.3. The maximum Gasteiger partial charge on any atom is 0.266 e. The highest BCUT2D eigenvalue weighted by Gasteiger charge is 2.05. The Labute approximate surface area is 104 Å². The lowest BCUT2D eigenvalue weighted by Gasteiger charge is -2.04. The summed E-state index contributed by atoms with van der Waals surface area (Å²) in [6, 6.07) is 5.40. The molecule has 14 heavy (non-hydrogen) atoms. The van der Waals surface area contributed by atoms with E-state index in [1.807, 2.05) is 6.07 Å².